The fraction of sp³-hybridized carbons (Fsp3) is 0.588. The molecule has 1 fully saturated rings. The number of rotatable bonds is 4. The fourth-order valence-electron chi connectivity index (χ4n) is 2.24. The Kier molecular flexibility index (Phi) is 5.69. The van der Waals surface area contributed by atoms with Gasteiger partial charge in [0.05, 0.1) is 26.9 Å². The van der Waals surface area contributed by atoms with Gasteiger partial charge >= 0.3 is 6.09 Å². The third kappa shape index (κ3) is 4.83. The number of carbonyl (C=O) groups excluding carboxylic acids is 1. The van der Waals surface area contributed by atoms with Gasteiger partial charge in [0.2, 0.25) is 0 Å². The van der Waals surface area contributed by atoms with Crippen molar-refractivity contribution in [2.24, 2.45) is 0 Å². The molecule has 7 heteroatoms. The van der Waals surface area contributed by atoms with Crippen molar-refractivity contribution in [1.82, 2.24) is 5.32 Å². The maximum absolute atomic E-state index is 11.9. The number of ether oxygens (including phenoxy) is 4. The van der Waals surface area contributed by atoms with Crippen molar-refractivity contribution in [3.05, 3.63) is 29.8 Å². The number of aliphatic hydroxyl groups is 1. The van der Waals surface area contributed by atoms with Crippen molar-refractivity contribution in [3.63, 3.8) is 0 Å². The van der Waals surface area contributed by atoms with Crippen LogP contribution in [0.4, 0.5) is 4.79 Å². The Morgan fingerprint density at radius 1 is 1.29 bits per heavy atom. The molecule has 0 radical (unpaired) electrons. The van der Waals surface area contributed by atoms with E-state index in [4.69, 9.17) is 18.9 Å². The van der Waals surface area contributed by atoms with Gasteiger partial charge in [-0.1, -0.05) is 12.1 Å². The first-order valence-corrected chi connectivity index (χ1v) is 7.76. The van der Waals surface area contributed by atoms with Crippen LogP contribution in [0.25, 0.3) is 0 Å². The number of nitrogens with one attached hydrogen (secondary N) is 1. The molecule has 0 saturated carbocycles. The standard InChI is InChI=1S/C17H25NO6/c1-16(2,3)24-15(20)18-17(9-19)10-22-14(23-11-17)12-5-7-13(21-4)8-6-12/h5-8,14,19H,9-11H2,1-4H3,(H,18,20). The molecule has 1 saturated heterocycles. The van der Waals surface area contributed by atoms with Crippen molar-refractivity contribution in [3.8, 4) is 5.75 Å². The summed E-state index contributed by atoms with van der Waals surface area (Å²) in [5.41, 5.74) is -0.812. The predicted molar refractivity (Wildman–Crippen MR) is 86.8 cm³/mol. The largest absolute Gasteiger partial charge is 0.497 e. The lowest BCUT2D eigenvalue weighted by Gasteiger charge is -2.39. The van der Waals surface area contributed by atoms with Crippen LogP contribution in [0.1, 0.15) is 32.6 Å². The molecule has 0 spiro atoms. The Morgan fingerprint density at radius 3 is 2.33 bits per heavy atom. The van der Waals surface area contributed by atoms with Crippen molar-refractivity contribution in [2.45, 2.75) is 38.2 Å². The van der Waals surface area contributed by atoms with E-state index in [1.807, 2.05) is 24.3 Å². The average Bonchev–Trinajstić information content (AvgIpc) is 2.54. The number of hydrogen-bond donors (Lipinski definition) is 2. The maximum atomic E-state index is 11.9. The van der Waals surface area contributed by atoms with E-state index in [-0.39, 0.29) is 19.8 Å². The van der Waals surface area contributed by atoms with Gasteiger partial charge < -0.3 is 29.4 Å². The van der Waals surface area contributed by atoms with E-state index in [0.29, 0.717) is 0 Å². The third-order valence-corrected chi connectivity index (χ3v) is 3.48. The average molecular weight is 339 g/mol. The van der Waals surface area contributed by atoms with Gasteiger partial charge in [-0.25, -0.2) is 4.79 Å². The first kappa shape index (κ1) is 18.5. The first-order valence-electron chi connectivity index (χ1n) is 7.76. The molecular formula is C17H25NO6. The summed E-state index contributed by atoms with van der Waals surface area (Å²) in [4.78, 5) is 11.9. The van der Waals surface area contributed by atoms with E-state index in [0.717, 1.165) is 11.3 Å². The van der Waals surface area contributed by atoms with Gasteiger partial charge in [-0.05, 0) is 32.9 Å². The number of hydrogen-bond acceptors (Lipinski definition) is 6. The predicted octanol–water partition coefficient (Wildman–Crippen LogP) is 2.00. The minimum absolute atomic E-state index is 0.111. The SMILES string of the molecule is COc1ccc(C2OCC(CO)(NC(=O)OC(C)(C)C)CO2)cc1. The van der Waals surface area contributed by atoms with Crippen molar-refractivity contribution in [2.75, 3.05) is 26.9 Å². The number of carbonyl (C=O) groups is 1. The molecule has 2 N–H and O–H groups in total. The van der Waals surface area contributed by atoms with Crippen LogP contribution < -0.4 is 10.1 Å². The molecule has 134 valence electrons. The zero-order valence-electron chi connectivity index (χ0n) is 14.5. The van der Waals surface area contributed by atoms with Gasteiger partial charge in [0.25, 0.3) is 0 Å². The molecule has 0 aliphatic carbocycles. The molecule has 1 amide bonds. The van der Waals surface area contributed by atoms with E-state index >= 15 is 0 Å². The molecule has 1 aliphatic rings. The number of benzene rings is 1. The van der Waals surface area contributed by atoms with Crippen LogP contribution in [0.2, 0.25) is 0 Å². The summed E-state index contributed by atoms with van der Waals surface area (Å²) in [5, 5.41) is 12.3. The van der Waals surface area contributed by atoms with E-state index < -0.39 is 23.5 Å². The van der Waals surface area contributed by atoms with Crippen molar-refractivity contribution < 1.29 is 28.8 Å². The Bertz CT molecular complexity index is 543. The third-order valence-electron chi connectivity index (χ3n) is 3.48. The fourth-order valence-corrected chi connectivity index (χ4v) is 2.24. The number of amides is 1. The van der Waals surface area contributed by atoms with Crippen molar-refractivity contribution >= 4 is 6.09 Å². The summed E-state index contributed by atoms with van der Waals surface area (Å²) in [6.45, 7) is 5.21. The number of alkyl carbamates (subject to hydrolysis) is 1. The Hall–Kier alpha value is -1.83. The number of aliphatic hydroxyl groups excluding tert-OH is 1. The molecule has 2 rings (SSSR count). The molecule has 7 nitrogen and oxygen atoms in total. The van der Waals surface area contributed by atoms with Crippen LogP contribution in [0.5, 0.6) is 5.75 Å². The lowest BCUT2D eigenvalue weighted by Crippen LogP contribution is -2.61. The minimum atomic E-state index is -1.02. The Balaban J connectivity index is 1.96. The highest BCUT2D eigenvalue weighted by Gasteiger charge is 2.39. The molecule has 0 aromatic heterocycles. The highest BCUT2D eigenvalue weighted by molar-refractivity contribution is 5.69. The lowest BCUT2D eigenvalue weighted by atomic mass is 10.0. The molecule has 0 atom stereocenters. The summed E-state index contributed by atoms with van der Waals surface area (Å²) >= 11 is 0. The molecule has 1 aromatic carbocycles. The Morgan fingerprint density at radius 2 is 1.88 bits per heavy atom. The van der Waals surface area contributed by atoms with E-state index in [2.05, 4.69) is 5.32 Å². The zero-order chi connectivity index (χ0) is 17.8. The highest BCUT2D eigenvalue weighted by atomic mass is 16.7. The molecule has 1 aromatic rings. The summed E-state index contributed by atoms with van der Waals surface area (Å²) < 4.78 is 21.7. The van der Waals surface area contributed by atoms with Gasteiger partial charge in [0, 0.05) is 5.56 Å². The summed E-state index contributed by atoms with van der Waals surface area (Å²) in [5.74, 6) is 0.742. The second-order valence-corrected chi connectivity index (χ2v) is 6.79. The van der Waals surface area contributed by atoms with Crippen LogP contribution in [0.3, 0.4) is 0 Å². The van der Waals surface area contributed by atoms with Crippen LogP contribution in [-0.4, -0.2) is 49.3 Å². The molecular weight excluding hydrogens is 314 g/mol. The molecule has 1 aliphatic heterocycles. The highest BCUT2D eigenvalue weighted by Crippen LogP contribution is 2.28. The van der Waals surface area contributed by atoms with Gasteiger partial charge in [-0.15, -0.1) is 0 Å². The summed E-state index contributed by atoms with van der Waals surface area (Å²) in [6, 6.07) is 7.32. The van der Waals surface area contributed by atoms with Crippen LogP contribution in [0, 0.1) is 0 Å². The van der Waals surface area contributed by atoms with Crippen LogP contribution >= 0.6 is 0 Å². The van der Waals surface area contributed by atoms with E-state index in [1.165, 1.54) is 0 Å². The smallest absolute Gasteiger partial charge is 0.408 e. The topological polar surface area (TPSA) is 86.2 Å². The Labute approximate surface area is 141 Å². The number of methoxy groups -OCH3 is 1. The zero-order valence-corrected chi connectivity index (χ0v) is 14.5. The first-order chi connectivity index (χ1) is 11.3. The van der Waals surface area contributed by atoms with E-state index in [1.54, 1.807) is 27.9 Å². The van der Waals surface area contributed by atoms with Gasteiger partial charge in [0.1, 0.15) is 16.9 Å². The second kappa shape index (κ2) is 7.38. The molecule has 1 heterocycles. The minimum Gasteiger partial charge on any atom is -0.497 e. The van der Waals surface area contributed by atoms with Gasteiger partial charge in [-0.3, -0.25) is 0 Å². The molecule has 0 bridgehead atoms. The van der Waals surface area contributed by atoms with Crippen LogP contribution in [0.15, 0.2) is 24.3 Å². The molecule has 0 unspecified atom stereocenters. The maximum Gasteiger partial charge on any atom is 0.408 e. The van der Waals surface area contributed by atoms with Gasteiger partial charge in [-0.2, -0.15) is 0 Å². The summed E-state index contributed by atoms with van der Waals surface area (Å²) in [6.07, 6.45) is -1.18. The monoisotopic (exact) mass is 339 g/mol. The van der Waals surface area contributed by atoms with Crippen molar-refractivity contribution in [1.29, 1.82) is 0 Å². The summed E-state index contributed by atoms with van der Waals surface area (Å²) in [7, 11) is 1.60. The quantitative estimate of drug-likeness (QED) is 0.872. The van der Waals surface area contributed by atoms with E-state index in [9.17, 15) is 9.90 Å². The second-order valence-electron chi connectivity index (χ2n) is 6.79. The molecule has 24 heavy (non-hydrogen) atoms. The van der Waals surface area contributed by atoms with Gasteiger partial charge in [0.15, 0.2) is 6.29 Å². The normalized spacial score (nSPS) is 24.3. The lowest BCUT2D eigenvalue weighted by molar-refractivity contribution is -0.222. The van der Waals surface area contributed by atoms with Crippen LogP contribution in [-0.2, 0) is 14.2 Å².